The van der Waals surface area contributed by atoms with Gasteiger partial charge in [0, 0.05) is 46.7 Å². The van der Waals surface area contributed by atoms with E-state index < -0.39 is 115 Å². The summed E-state index contributed by atoms with van der Waals surface area (Å²) >= 11 is 0. The number of pyridine rings is 2. The van der Waals surface area contributed by atoms with Gasteiger partial charge in [-0.15, -0.1) is 0 Å². The van der Waals surface area contributed by atoms with E-state index in [2.05, 4.69) is 26.6 Å². The number of imide groups is 1. The number of esters is 1. The lowest BCUT2D eigenvalue weighted by Crippen LogP contribution is -2.52. The number of hydrogen-bond acceptors (Lipinski definition) is 14. The molecule has 398 valence electrons. The highest BCUT2D eigenvalue weighted by Gasteiger charge is 2.47. The Kier molecular flexibility index (Phi) is 14.4. The van der Waals surface area contributed by atoms with E-state index in [1.807, 2.05) is 0 Å². The number of nitrogens with two attached hydrogens (primary N) is 1. The van der Waals surface area contributed by atoms with E-state index >= 15 is 4.39 Å². The van der Waals surface area contributed by atoms with Crippen LogP contribution in [0.2, 0.25) is 0 Å². The molecule has 1 aliphatic carbocycles. The monoisotopic (exact) mass is 1050 g/mol. The number of aromatic nitrogens is 2. The zero-order chi connectivity index (χ0) is 55.1. The molecule has 8 N–H and O–H groups in total. The van der Waals surface area contributed by atoms with Gasteiger partial charge in [-0.2, -0.15) is 0 Å². The number of carbonyl (C=O) groups excluding carboxylic acids is 9. The summed E-state index contributed by atoms with van der Waals surface area (Å²) in [6.45, 7) is 2.58. The molecule has 23 heteroatoms. The van der Waals surface area contributed by atoms with Crippen molar-refractivity contribution in [3.63, 3.8) is 0 Å². The normalized spacial score (nSPS) is 18.2. The first-order valence-corrected chi connectivity index (χ1v) is 24.6. The average molecular weight is 1050 g/mol. The minimum absolute atomic E-state index is 0.0174. The summed E-state index contributed by atoms with van der Waals surface area (Å²) in [6, 6.07) is 14.4. The summed E-state index contributed by atoms with van der Waals surface area (Å²) in [5.74, 6) is -7.29. The molecule has 22 nitrogen and oxygen atoms in total. The van der Waals surface area contributed by atoms with Crippen LogP contribution in [0.25, 0.3) is 22.3 Å². The van der Waals surface area contributed by atoms with Crippen molar-refractivity contribution >= 4 is 69.8 Å². The van der Waals surface area contributed by atoms with Crippen LogP contribution in [-0.4, -0.2) is 100 Å². The van der Waals surface area contributed by atoms with Crippen molar-refractivity contribution < 1.29 is 62.1 Å². The molecule has 77 heavy (non-hydrogen) atoms. The van der Waals surface area contributed by atoms with E-state index in [1.54, 1.807) is 57.2 Å². The van der Waals surface area contributed by atoms with E-state index in [0.29, 0.717) is 57.4 Å². The number of cyclic esters (lactones) is 1. The Morgan fingerprint density at radius 1 is 0.896 bits per heavy atom. The Morgan fingerprint density at radius 2 is 1.62 bits per heavy atom. The quantitative estimate of drug-likeness (QED) is 0.0269. The van der Waals surface area contributed by atoms with Gasteiger partial charge in [0.25, 0.3) is 17.4 Å². The van der Waals surface area contributed by atoms with Crippen LogP contribution in [0.1, 0.15) is 81.6 Å². The molecule has 4 aliphatic rings. The first kappa shape index (κ1) is 52.9. The maximum Gasteiger partial charge on any atom is 0.343 e. The molecule has 0 saturated carbocycles. The van der Waals surface area contributed by atoms with E-state index in [0.717, 1.165) is 17.1 Å². The van der Waals surface area contributed by atoms with Crippen molar-refractivity contribution in [1.82, 2.24) is 36.1 Å². The highest BCUT2D eigenvalue weighted by molar-refractivity contribution is 6.28. The SMILES string of the molecule is CC[C@@]1(O)C(=O)OCc2c1cc1n(c2=O)Cc2c-1nc1cc(F)c(C)c3c1c2[C@@](C)(NC(=O)COCNC(=O)CNC(=O)[C@H](Cc1ccccc1)NC(=O)CNC(=O)Cc1c(C(N)=O)cccc1N1C(=O)C=CC1=O)CC3. The Balaban J connectivity index is 0.813. The number of fused-ring (bicyclic) bond motifs is 5. The third-order valence-electron chi connectivity index (χ3n) is 14.4. The smallest absolute Gasteiger partial charge is 0.343 e. The van der Waals surface area contributed by atoms with Crippen molar-refractivity contribution in [2.24, 2.45) is 5.73 Å². The fraction of sp³-hybridized carbons (Fsp3) is 0.315. The molecule has 0 fully saturated rings. The van der Waals surface area contributed by atoms with Crippen molar-refractivity contribution in [2.45, 2.75) is 83.2 Å². The molecule has 5 aromatic rings. The first-order chi connectivity index (χ1) is 36.7. The summed E-state index contributed by atoms with van der Waals surface area (Å²) in [7, 11) is 0. The van der Waals surface area contributed by atoms with Gasteiger partial charge in [-0.25, -0.2) is 19.1 Å². The number of aryl methyl sites for hydroxylation is 1. The Labute approximate surface area is 437 Å². The minimum atomic E-state index is -2.07. The Hall–Kier alpha value is -8.96. The highest BCUT2D eigenvalue weighted by atomic mass is 19.1. The molecule has 0 radical (unpaired) electrons. The number of nitrogens with one attached hydrogen (secondary N) is 5. The number of carbonyl (C=O) groups is 9. The van der Waals surface area contributed by atoms with Gasteiger partial charge in [-0.1, -0.05) is 43.3 Å². The summed E-state index contributed by atoms with van der Waals surface area (Å²) in [5, 5.41) is 25.0. The summed E-state index contributed by atoms with van der Waals surface area (Å²) in [6.07, 6.45) is 2.12. The number of ether oxygens (including phenoxy) is 2. The zero-order valence-electron chi connectivity index (χ0n) is 41.9. The third-order valence-corrected chi connectivity index (χ3v) is 14.4. The molecule has 3 aromatic carbocycles. The molecular weight excluding hydrogens is 1000 g/mol. The van der Waals surface area contributed by atoms with E-state index in [4.69, 9.17) is 20.2 Å². The Bertz CT molecular complexity index is 3470. The number of anilines is 1. The maximum absolute atomic E-state index is 15.5. The van der Waals surface area contributed by atoms with Crippen LogP contribution < -0.4 is 42.8 Å². The van der Waals surface area contributed by atoms with Gasteiger partial charge < -0.3 is 51.5 Å². The van der Waals surface area contributed by atoms with Crippen LogP contribution in [0.5, 0.6) is 0 Å². The second-order valence-corrected chi connectivity index (χ2v) is 19.2. The largest absolute Gasteiger partial charge is 0.458 e. The third kappa shape index (κ3) is 10.0. The summed E-state index contributed by atoms with van der Waals surface area (Å²) in [4.78, 5) is 136. The van der Waals surface area contributed by atoms with E-state index in [-0.39, 0.29) is 59.5 Å². The molecule has 0 bridgehead atoms. The maximum atomic E-state index is 15.5. The van der Waals surface area contributed by atoms with Gasteiger partial charge in [0.1, 0.15) is 31.8 Å². The van der Waals surface area contributed by atoms with Crippen molar-refractivity contribution in [3.8, 4) is 11.4 Å². The Morgan fingerprint density at radius 3 is 2.34 bits per heavy atom. The van der Waals surface area contributed by atoms with Crippen molar-refractivity contribution in [2.75, 3.05) is 31.3 Å². The van der Waals surface area contributed by atoms with Gasteiger partial charge in [-0.3, -0.25) is 43.2 Å². The van der Waals surface area contributed by atoms with Crippen molar-refractivity contribution in [1.29, 1.82) is 0 Å². The van der Waals surface area contributed by atoms with Crippen LogP contribution in [0.15, 0.2) is 77.6 Å². The summed E-state index contributed by atoms with van der Waals surface area (Å²) in [5.41, 5.74) is 5.86. The standard InChI is InChI=1S/C54H52FN9O13/c1-4-54(75)34-19-39-48-32(23-63(39)51(73)33(34)24-77-52(54)74)47-46-29(27(2)35(55)20-36(46)61-48)15-16-53(47,3)62-43(68)25-76-26-59-41(66)21-58-50(72)37(17-28-9-6-5-7-10-28)60-42(67)22-57-40(65)18-31-30(49(56)71)11-8-12-38(31)64-44(69)13-14-45(64)70/h5-14,19-20,37,75H,4,15-18,21-26H2,1-3H3,(H2,56,71)(H,57,65)(H,58,72)(H,59,66)(H,60,67)(H,62,68)/t37-,53-,54-/m0/s1. The highest BCUT2D eigenvalue weighted by Crippen LogP contribution is 2.48. The van der Waals surface area contributed by atoms with Crippen molar-refractivity contribution in [3.05, 3.63) is 139 Å². The van der Waals surface area contributed by atoms with E-state index in [1.165, 1.54) is 28.8 Å². The predicted octanol–water partition coefficient (Wildman–Crippen LogP) is 0.626. The first-order valence-electron chi connectivity index (χ1n) is 24.6. The molecule has 0 spiro atoms. The fourth-order valence-corrected chi connectivity index (χ4v) is 10.5. The lowest BCUT2D eigenvalue weighted by molar-refractivity contribution is -0.172. The van der Waals surface area contributed by atoms with E-state index in [9.17, 15) is 53.1 Å². The van der Waals surface area contributed by atoms with Gasteiger partial charge >= 0.3 is 5.97 Å². The lowest BCUT2D eigenvalue weighted by Gasteiger charge is -2.38. The number of rotatable bonds is 18. The number of nitrogens with zero attached hydrogens (tertiary/aromatic N) is 3. The molecule has 0 saturated heterocycles. The van der Waals surface area contributed by atoms with Gasteiger partial charge in [-0.05, 0) is 79.1 Å². The second kappa shape index (κ2) is 21.0. The average Bonchev–Trinajstić information content (AvgIpc) is 4.06. The lowest BCUT2D eigenvalue weighted by atomic mass is 9.74. The molecule has 9 rings (SSSR count). The molecular formula is C54H52FN9O13. The number of aliphatic hydroxyl groups is 1. The number of amides is 8. The predicted molar refractivity (Wildman–Crippen MR) is 270 cm³/mol. The number of benzene rings is 3. The fourth-order valence-electron chi connectivity index (χ4n) is 10.5. The van der Waals surface area contributed by atoms with Crippen LogP contribution in [0, 0.1) is 12.7 Å². The molecule has 5 heterocycles. The molecule has 0 unspecified atom stereocenters. The summed E-state index contributed by atoms with van der Waals surface area (Å²) < 4.78 is 27.7. The minimum Gasteiger partial charge on any atom is -0.458 e. The van der Waals surface area contributed by atoms with Gasteiger partial charge in [0.05, 0.1) is 59.7 Å². The number of hydrogen-bond donors (Lipinski definition) is 7. The molecule has 3 atom stereocenters. The molecule has 8 amide bonds. The van der Waals surface area contributed by atoms with Gasteiger partial charge in [0.15, 0.2) is 5.60 Å². The second-order valence-electron chi connectivity index (χ2n) is 19.2. The molecule has 3 aliphatic heterocycles. The van der Waals surface area contributed by atoms with Crippen LogP contribution >= 0.6 is 0 Å². The number of primary amides is 1. The van der Waals surface area contributed by atoms with Gasteiger partial charge in [0.2, 0.25) is 35.4 Å². The topological polar surface area (TPSA) is 317 Å². The zero-order valence-corrected chi connectivity index (χ0v) is 41.9. The van der Waals surface area contributed by atoms with Crippen LogP contribution in [0.3, 0.4) is 0 Å². The molecule has 2 aromatic heterocycles. The van der Waals surface area contributed by atoms with Crippen LogP contribution in [-0.2, 0) is 91.4 Å². The number of halogens is 1. The van der Waals surface area contributed by atoms with Crippen LogP contribution in [0.4, 0.5) is 10.1 Å².